The van der Waals surface area contributed by atoms with E-state index >= 15 is 0 Å². The lowest BCUT2D eigenvalue weighted by atomic mass is 10.1. The zero-order valence-electron chi connectivity index (χ0n) is 10.8. The summed E-state index contributed by atoms with van der Waals surface area (Å²) >= 11 is 0. The third-order valence-corrected chi connectivity index (χ3v) is 3.52. The molecule has 3 heterocycles. The Morgan fingerprint density at radius 1 is 1.42 bits per heavy atom. The fraction of sp³-hybridized carbons (Fsp3) is 0.462. The van der Waals surface area contributed by atoms with Crippen molar-refractivity contribution in [2.24, 2.45) is 0 Å². The first-order valence-corrected chi connectivity index (χ1v) is 6.43. The standard InChI is InChI=1S/C13H16N4O2/c1-9(18)11-8-14-17-7-4-12(15-13(11)17)16-5-2-10(19)3-6-16/h4,7-8,10,19H,2-3,5-6H2,1H3. The Bertz CT molecular complexity index is 614. The molecule has 3 rings (SSSR count). The summed E-state index contributed by atoms with van der Waals surface area (Å²) in [6.45, 7) is 3.09. The highest BCUT2D eigenvalue weighted by atomic mass is 16.3. The molecule has 19 heavy (non-hydrogen) atoms. The average molecular weight is 260 g/mol. The molecule has 6 heteroatoms. The van der Waals surface area contributed by atoms with Crippen LogP contribution in [0.5, 0.6) is 0 Å². The van der Waals surface area contributed by atoms with Gasteiger partial charge in [-0.05, 0) is 25.8 Å². The summed E-state index contributed by atoms with van der Waals surface area (Å²) in [6, 6.07) is 1.89. The Balaban J connectivity index is 1.96. The van der Waals surface area contributed by atoms with Crippen LogP contribution < -0.4 is 4.90 Å². The van der Waals surface area contributed by atoms with E-state index in [-0.39, 0.29) is 11.9 Å². The highest BCUT2D eigenvalue weighted by molar-refractivity contribution is 5.99. The van der Waals surface area contributed by atoms with E-state index in [1.807, 2.05) is 12.3 Å². The average Bonchev–Trinajstić information content (AvgIpc) is 2.82. The highest BCUT2D eigenvalue weighted by Gasteiger charge is 2.19. The second-order valence-corrected chi connectivity index (χ2v) is 4.89. The van der Waals surface area contributed by atoms with E-state index < -0.39 is 0 Å². The molecule has 100 valence electrons. The van der Waals surface area contributed by atoms with Gasteiger partial charge < -0.3 is 10.0 Å². The van der Waals surface area contributed by atoms with Crippen LogP contribution in [-0.4, -0.2) is 44.7 Å². The minimum Gasteiger partial charge on any atom is -0.393 e. The molecule has 0 radical (unpaired) electrons. The maximum Gasteiger partial charge on any atom is 0.168 e. The zero-order valence-corrected chi connectivity index (χ0v) is 10.8. The van der Waals surface area contributed by atoms with E-state index in [0.29, 0.717) is 11.2 Å². The number of piperidine rings is 1. The molecule has 0 amide bonds. The topological polar surface area (TPSA) is 70.7 Å². The molecule has 1 saturated heterocycles. The minimum absolute atomic E-state index is 0.0336. The van der Waals surface area contributed by atoms with Crippen LogP contribution in [0.4, 0.5) is 5.82 Å². The van der Waals surface area contributed by atoms with Crippen LogP contribution >= 0.6 is 0 Å². The number of Topliss-reactive ketones (excluding diaryl/α,β-unsaturated/α-hetero) is 1. The van der Waals surface area contributed by atoms with E-state index in [4.69, 9.17) is 0 Å². The quantitative estimate of drug-likeness (QED) is 0.812. The van der Waals surface area contributed by atoms with Crippen LogP contribution in [0, 0.1) is 0 Å². The zero-order chi connectivity index (χ0) is 13.4. The summed E-state index contributed by atoms with van der Waals surface area (Å²) in [5.41, 5.74) is 1.13. The molecule has 6 nitrogen and oxygen atoms in total. The van der Waals surface area contributed by atoms with E-state index in [0.717, 1.165) is 31.7 Å². The van der Waals surface area contributed by atoms with Crippen molar-refractivity contribution in [1.29, 1.82) is 0 Å². The van der Waals surface area contributed by atoms with Crippen molar-refractivity contribution in [1.82, 2.24) is 14.6 Å². The van der Waals surface area contributed by atoms with Crippen LogP contribution in [-0.2, 0) is 0 Å². The van der Waals surface area contributed by atoms with Crippen molar-refractivity contribution in [3.05, 3.63) is 24.0 Å². The monoisotopic (exact) mass is 260 g/mol. The highest BCUT2D eigenvalue weighted by Crippen LogP contribution is 2.19. The summed E-state index contributed by atoms with van der Waals surface area (Å²) in [6.07, 6.45) is 4.67. The first kappa shape index (κ1) is 12.1. The summed E-state index contributed by atoms with van der Waals surface area (Å²) in [7, 11) is 0. The number of hydrogen-bond acceptors (Lipinski definition) is 5. The normalized spacial score (nSPS) is 17.1. The molecule has 0 atom stereocenters. The van der Waals surface area contributed by atoms with Gasteiger partial charge in [-0.1, -0.05) is 0 Å². The number of carbonyl (C=O) groups excluding carboxylic acids is 1. The van der Waals surface area contributed by atoms with Gasteiger partial charge in [-0.2, -0.15) is 5.10 Å². The number of rotatable bonds is 2. The maximum atomic E-state index is 11.5. The van der Waals surface area contributed by atoms with Crippen LogP contribution in [0.2, 0.25) is 0 Å². The molecule has 1 aliphatic heterocycles. The Hall–Kier alpha value is -1.95. The molecule has 1 N–H and O–H groups in total. The summed E-state index contributed by atoms with van der Waals surface area (Å²) in [5, 5.41) is 13.6. The summed E-state index contributed by atoms with van der Waals surface area (Å²) < 4.78 is 1.61. The third kappa shape index (κ3) is 2.19. The van der Waals surface area contributed by atoms with Crippen LogP contribution in [0.3, 0.4) is 0 Å². The predicted octanol–water partition coefficient (Wildman–Crippen LogP) is 0.893. The molecule has 0 aromatic carbocycles. The number of anilines is 1. The lowest BCUT2D eigenvalue weighted by Crippen LogP contribution is -2.36. The van der Waals surface area contributed by atoms with E-state index in [9.17, 15) is 9.90 Å². The molecule has 1 fully saturated rings. The van der Waals surface area contributed by atoms with E-state index in [1.54, 1.807) is 10.7 Å². The largest absolute Gasteiger partial charge is 0.393 e. The number of ketones is 1. The van der Waals surface area contributed by atoms with Crippen LogP contribution in [0.25, 0.3) is 5.65 Å². The number of aliphatic hydroxyl groups excluding tert-OH is 1. The van der Waals surface area contributed by atoms with Crippen molar-refractivity contribution in [2.45, 2.75) is 25.9 Å². The third-order valence-electron chi connectivity index (χ3n) is 3.52. The number of fused-ring (bicyclic) bond motifs is 1. The van der Waals surface area contributed by atoms with Gasteiger partial charge in [-0.25, -0.2) is 9.50 Å². The smallest absolute Gasteiger partial charge is 0.168 e. The Labute approximate surface area is 110 Å². The molecular formula is C13H16N4O2. The minimum atomic E-state index is -0.206. The Morgan fingerprint density at radius 2 is 2.16 bits per heavy atom. The van der Waals surface area contributed by atoms with Gasteiger partial charge in [0.25, 0.3) is 0 Å². The molecule has 2 aromatic heterocycles. The van der Waals surface area contributed by atoms with E-state index in [1.165, 1.54) is 6.92 Å². The van der Waals surface area contributed by atoms with Gasteiger partial charge >= 0.3 is 0 Å². The van der Waals surface area contributed by atoms with Gasteiger partial charge in [0.15, 0.2) is 11.4 Å². The second kappa shape index (κ2) is 4.62. The first-order chi connectivity index (χ1) is 9.15. The molecule has 0 spiro atoms. The number of carbonyl (C=O) groups is 1. The fourth-order valence-electron chi connectivity index (χ4n) is 2.38. The van der Waals surface area contributed by atoms with E-state index in [2.05, 4.69) is 15.0 Å². The van der Waals surface area contributed by atoms with Crippen molar-refractivity contribution in [3.8, 4) is 0 Å². The number of aliphatic hydroxyl groups is 1. The fourth-order valence-corrected chi connectivity index (χ4v) is 2.38. The Morgan fingerprint density at radius 3 is 2.84 bits per heavy atom. The van der Waals surface area contributed by atoms with Crippen molar-refractivity contribution >= 4 is 17.2 Å². The van der Waals surface area contributed by atoms with Crippen molar-refractivity contribution in [2.75, 3.05) is 18.0 Å². The second-order valence-electron chi connectivity index (χ2n) is 4.89. The number of aromatic nitrogens is 3. The molecular weight excluding hydrogens is 244 g/mol. The van der Waals surface area contributed by atoms with Crippen LogP contribution in [0.1, 0.15) is 30.1 Å². The lowest BCUT2D eigenvalue weighted by molar-refractivity contribution is 0.101. The Kier molecular flexibility index (Phi) is 2.94. The summed E-state index contributed by atoms with van der Waals surface area (Å²) in [4.78, 5) is 18.2. The van der Waals surface area contributed by atoms with Crippen molar-refractivity contribution < 1.29 is 9.90 Å². The summed E-state index contributed by atoms with van der Waals surface area (Å²) in [5.74, 6) is 0.802. The predicted molar refractivity (Wildman–Crippen MR) is 70.4 cm³/mol. The molecule has 1 aliphatic rings. The van der Waals surface area contributed by atoms with Gasteiger partial charge in [-0.3, -0.25) is 4.79 Å². The van der Waals surface area contributed by atoms with Gasteiger partial charge in [-0.15, -0.1) is 0 Å². The molecule has 0 saturated carbocycles. The van der Waals surface area contributed by atoms with Crippen molar-refractivity contribution in [3.63, 3.8) is 0 Å². The maximum absolute atomic E-state index is 11.5. The van der Waals surface area contributed by atoms with Gasteiger partial charge in [0.2, 0.25) is 0 Å². The molecule has 0 bridgehead atoms. The van der Waals surface area contributed by atoms with Gasteiger partial charge in [0.05, 0.1) is 17.9 Å². The van der Waals surface area contributed by atoms with Gasteiger partial charge in [0.1, 0.15) is 5.82 Å². The number of hydrogen-bond donors (Lipinski definition) is 1. The molecule has 0 aliphatic carbocycles. The first-order valence-electron chi connectivity index (χ1n) is 6.43. The SMILES string of the molecule is CC(=O)c1cnn2ccc(N3CCC(O)CC3)nc12. The van der Waals surface area contributed by atoms with Gasteiger partial charge in [0, 0.05) is 19.3 Å². The molecule has 2 aromatic rings. The van der Waals surface area contributed by atoms with Crippen LogP contribution in [0.15, 0.2) is 18.5 Å². The lowest BCUT2D eigenvalue weighted by Gasteiger charge is -2.30. The number of nitrogens with zero attached hydrogens (tertiary/aromatic N) is 4. The molecule has 0 unspecified atom stereocenters.